The van der Waals surface area contributed by atoms with E-state index >= 15 is 0 Å². The van der Waals surface area contributed by atoms with E-state index in [1.54, 1.807) is 0 Å². The molecule has 0 unspecified atom stereocenters. The molecule has 0 aromatic rings. The van der Waals surface area contributed by atoms with E-state index in [0.29, 0.717) is 16.4 Å². The maximum absolute atomic E-state index is 5.10. The molecule has 0 amide bonds. The third-order valence-electron chi connectivity index (χ3n) is 0.808. The Labute approximate surface area is 39.8 Å². The first kappa shape index (κ1) is 3.98. The van der Waals surface area contributed by atoms with Crippen LogP contribution < -0.4 is 0 Å². The van der Waals surface area contributed by atoms with Gasteiger partial charge in [0.2, 0.25) is 0 Å². The van der Waals surface area contributed by atoms with Crippen LogP contribution in [0, 0.1) is 0 Å². The zero-order chi connectivity index (χ0) is 4.73. The van der Waals surface area contributed by atoms with Crippen molar-refractivity contribution in [3.63, 3.8) is 0 Å². The fraction of sp³-hybridized carbons (Fsp3) is 0. The quantitative estimate of drug-likeness (QED) is 0.289. The monoisotopic (exact) mass is 69.0 g/mol. The van der Waals surface area contributed by atoms with Crippen molar-refractivity contribution in [3.8, 4) is 0 Å². The molecule has 0 heterocycles. The minimum absolute atomic E-state index is 0.565. The molecule has 0 atom stereocenters. The molecule has 0 spiro atoms. The molecule has 3 radical (unpaired) electrons. The van der Waals surface area contributed by atoms with E-state index in [1.807, 2.05) is 0 Å². The van der Waals surface area contributed by atoms with E-state index in [4.69, 9.17) is 22.5 Å². The predicted octanol–water partition coefficient (Wildman–Crippen LogP) is -1.98. The molecule has 1 rings (SSSR count). The Kier molecular flexibility index (Phi) is 0.595. The summed E-state index contributed by atoms with van der Waals surface area (Å²) in [4.78, 5) is 0. The second kappa shape index (κ2) is 0.897. The Morgan fingerprint density at radius 2 is 0.833 bits per heavy atom. The molecular weight excluding hydrogens is 68.5 g/mol. The summed E-state index contributed by atoms with van der Waals surface area (Å²) in [6.07, 6.45) is 0. The van der Waals surface area contributed by atoms with E-state index in [0.717, 1.165) is 0 Å². The standard InChI is InChI=1S/C3B3/c4-1-2(5)3(1)6. The van der Waals surface area contributed by atoms with Gasteiger partial charge in [-0.15, -0.1) is 0 Å². The summed E-state index contributed by atoms with van der Waals surface area (Å²) in [5.74, 6) is 0. The predicted molar refractivity (Wildman–Crippen MR) is 32.3 cm³/mol. The van der Waals surface area contributed by atoms with E-state index in [2.05, 4.69) is 0 Å². The van der Waals surface area contributed by atoms with Crippen LogP contribution in [-0.4, -0.2) is 38.9 Å². The number of hydrogen-bond acceptors (Lipinski definition) is 0. The molecule has 0 aromatic carbocycles. The van der Waals surface area contributed by atoms with Gasteiger partial charge in [0, 0.05) is 0 Å². The van der Waals surface area contributed by atoms with Gasteiger partial charge in [0.1, 0.15) is 0 Å². The van der Waals surface area contributed by atoms with Crippen LogP contribution in [0.3, 0.4) is 0 Å². The zero-order valence-corrected chi connectivity index (χ0v) is 3.23. The van der Waals surface area contributed by atoms with Crippen molar-refractivity contribution in [2.45, 2.75) is 0 Å². The van der Waals surface area contributed by atoms with Crippen LogP contribution >= 0.6 is 0 Å². The minimum atomic E-state index is 0.565. The van der Waals surface area contributed by atoms with Crippen molar-refractivity contribution < 1.29 is 0 Å². The Balaban J connectivity index is 3.04. The second-order valence-corrected chi connectivity index (χ2v) is 1.24. The average Bonchev–Trinajstić information content (AvgIpc) is 1.94. The van der Waals surface area contributed by atoms with Crippen LogP contribution in [0.25, 0.3) is 0 Å². The molecule has 6 heavy (non-hydrogen) atoms. The van der Waals surface area contributed by atoms with Gasteiger partial charge in [0.15, 0.2) is 0 Å². The fourth-order valence-electron chi connectivity index (χ4n) is 0.233. The third-order valence-corrected chi connectivity index (χ3v) is 0.808. The topological polar surface area (TPSA) is 0 Å². The van der Waals surface area contributed by atoms with Crippen molar-refractivity contribution in [3.05, 3.63) is 0 Å². The normalized spacial score (nSPS) is 18.5. The van der Waals surface area contributed by atoms with Crippen molar-refractivity contribution in [2.75, 3.05) is 0 Å². The van der Waals surface area contributed by atoms with Crippen LogP contribution in [0.2, 0.25) is 0 Å². The Morgan fingerprint density at radius 3 is 0.833 bits per heavy atom. The fourth-order valence-corrected chi connectivity index (χ4v) is 0.233. The maximum atomic E-state index is 5.10. The van der Waals surface area contributed by atoms with E-state index in [1.165, 1.54) is 0 Å². The summed E-state index contributed by atoms with van der Waals surface area (Å²) in [6, 6.07) is 0. The summed E-state index contributed by atoms with van der Waals surface area (Å²) in [5.41, 5.74) is 1.69. The van der Waals surface area contributed by atoms with Gasteiger partial charge < -0.3 is 0 Å². The second-order valence-electron chi connectivity index (χ2n) is 1.24. The molecule has 1 saturated carbocycles. The van der Waals surface area contributed by atoms with Crippen molar-refractivity contribution >= 4 is 38.9 Å². The van der Waals surface area contributed by atoms with E-state index in [9.17, 15) is 0 Å². The summed E-state index contributed by atoms with van der Waals surface area (Å²) in [5, 5.41) is 0. The van der Waals surface area contributed by atoms with E-state index in [-0.39, 0.29) is 0 Å². The molecule has 0 aliphatic heterocycles. The first-order valence-electron chi connectivity index (χ1n) is 1.62. The molecule has 0 bridgehead atoms. The van der Waals surface area contributed by atoms with Crippen LogP contribution in [0.15, 0.2) is 0 Å². The Morgan fingerprint density at radius 1 is 0.667 bits per heavy atom. The van der Waals surface area contributed by atoms with Crippen LogP contribution in [0.4, 0.5) is 0 Å². The van der Waals surface area contributed by atoms with Gasteiger partial charge in [-0.25, -0.2) is 0 Å². The third kappa shape index (κ3) is 0.311. The average molecular weight is 68.5 g/mol. The molecule has 0 N–H and O–H groups in total. The van der Waals surface area contributed by atoms with Crippen molar-refractivity contribution in [1.82, 2.24) is 0 Å². The molecule has 3 heteroatoms. The van der Waals surface area contributed by atoms with Crippen LogP contribution in [0.5, 0.6) is 0 Å². The molecule has 21 valence electrons. The van der Waals surface area contributed by atoms with Gasteiger partial charge in [-0.3, -0.25) is 0 Å². The molecule has 1 fully saturated rings. The molecule has 0 nitrogen and oxygen atoms in total. The number of rotatable bonds is 0. The van der Waals surface area contributed by atoms with Gasteiger partial charge in [-0.05, 0) is 0 Å². The van der Waals surface area contributed by atoms with Gasteiger partial charge >= 0.3 is 38.9 Å². The summed E-state index contributed by atoms with van der Waals surface area (Å²) >= 11 is 0. The Bertz CT molecular complexity index is 104. The molecule has 0 saturated heterocycles. The SMILES string of the molecule is [B]=C1C(=[B])C1=[B]. The van der Waals surface area contributed by atoms with Crippen LogP contribution in [0.1, 0.15) is 0 Å². The van der Waals surface area contributed by atoms with E-state index < -0.39 is 0 Å². The zero-order valence-electron chi connectivity index (χ0n) is 3.23. The molecule has 1 aliphatic carbocycles. The molecule has 0 aromatic heterocycles. The summed E-state index contributed by atoms with van der Waals surface area (Å²) < 4.78 is 0. The molecular formula is C3B3. The molecule has 1 aliphatic rings. The number of hydrogen-bond donors (Lipinski definition) is 0. The Hall–Kier alpha value is -0.195. The van der Waals surface area contributed by atoms with Crippen molar-refractivity contribution in [2.24, 2.45) is 0 Å². The first-order valence-corrected chi connectivity index (χ1v) is 1.62. The van der Waals surface area contributed by atoms with Gasteiger partial charge in [-0.2, -0.15) is 0 Å². The van der Waals surface area contributed by atoms with Crippen molar-refractivity contribution in [1.29, 1.82) is 0 Å². The first-order chi connectivity index (χ1) is 2.73. The summed E-state index contributed by atoms with van der Waals surface area (Å²) in [7, 11) is 15.3. The van der Waals surface area contributed by atoms with Gasteiger partial charge in [0.25, 0.3) is 0 Å². The summed E-state index contributed by atoms with van der Waals surface area (Å²) in [6.45, 7) is 0. The van der Waals surface area contributed by atoms with Crippen LogP contribution in [-0.2, 0) is 0 Å². The van der Waals surface area contributed by atoms with Gasteiger partial charge in [-0.1, -0.05) is 0 Å². The van der Waals surface area contributed by atoms with Gasteiger partial charge in [0.05, 0.1) is 0 Å².